The molecule has 0 aliphatic carbocycles. The van der Waals surface area contributed by atoms with Gasteiger partial charge in [0.2, 0.25) is 5.91 Å². The summed E-state index contributed by atoms with van der Waals surface area (Å²) in [7, 11) is 0. The molecule has 0 saturated heterocycles. The molecule has 31 heavy (non-hydrogen) atoms. The largest absolute Gasteiger partial charge is 0.573 e. The number of carbonyl (C=O) groups excluding carboxylic acids is 2. The number of benzene rings is 2. The second kappa shape index (κ2) is 8.54. The summed E-state index contributed by atoms with van der Waals surface area (Å²) in [4.78, 5) is 26.4. The van der Waals surface area contributed by atoms with Crippen molar-refractivity contribution in [1.29, 1.82) is 0 Å². The van der Waals surface area contributed by atoms with Gasteiger partial charge in [-0.3, -0.25) is 4.79 Å². The topological polar surface area (TPSA) is 92.4 Å². The molecule has 7 nitrogen and oxygen atoms in total. The molecule has 0 radical (unpaired) electrons. The summed E-state index contributed by atoms with van der Waals surface area (Å²) < 4.78 is 59.9. The van der Waals surface area contributed by atoms with Gasteiger partial charge < -0.3 is 25.1 Å². The summed E-state index contributed by atoms with van der Waals surface area (Å²) in [6.45, 7) is 3.11. The number of nitrogens with one attached hydrogen (secondary N) is 3. The Morgan fingerprint density at radius 3 is 2.48 bits per heavy atom. The second-order valence-corrected chi connectivity index (χ2v) is 6.39. The van der Waals surface area contributed by atoms with Crippen LogP contribution in [0, 0.1) is 5.82 Å². The normalized spacial score (nSPS) is 11.3. The van der Waals surface area contributed by atoms with E-state index in [0.29, 0.717) is 22.3 Å². The summed E-state index contributed by atoms with van der Waals surface area (Å²) in [5.74, 6) is -3.15. The minimum atomic E-state index is -5.06. The molecular weight excluding hydrogens is 422 g/mol. The molecule has 3 rings (SSSR count). The van der Waals surface area contributed by atoms with Gasteiger partial charge in [0.05, 0.1) is 17.8 Å². The molecule has 1 heterocycles. The van der Waals surface area contributed by atoms with Gasteiger partial charge >= 0.3 is 12.3 Å². The van der Waals surface area contributed by atoms with Crippen molar-refractivity contribution in [3.8, 4) is 5.75 Å². The first-order valence-corrected chi connectivity index (χ1v) is 8.99. The Morgan fingerprint density at radius 1 is 1.10 bits per heavy atom. The van der Waals surface area contributed by atoms with Gasteiger partial charge in [-0.15, -0.1) is 13.2 Å². The van der Waals surface area contributed by atoms with Crippen LogP contribution >= 0.6 is 0 Å². The van der Waals surface area contributed by atoms with E-state index >= 15 is 0 Å². The third-order valence-corrected chi connectivity index (χ3v) is 3.99. The number of ether oxygens (including phenoxy) is 2. The molecule has 0 aliphatic heterocycles. The van der Waals surface area contributed by atoms with Gasteiger partial charge in [0.25, 0.3) is 0 Å². The molecule has 0 unspecified atom stereocenters. The van der Waals surface area contributed by atoms with Crippen molar-refractivity contribution in [2.24, 2.45) is 0 Å². The standard InChI is InChI=1S/C20H17F4N3O4/c1-3-30-19(29)17-9-13-15(6-12(25-10(2)28)7-16(13)27-17)26-11-4-5-14(21)18(8-11)31-20(22,23)24/h4-9,26-27H,3H2,1-2H3,(H,25,28). The van der Waals surface area contributed by atoms with Gasteiger partial charge in [-0.2, -0.15) is 0 Å². The highest BCUT2D eigenvalue weighted by Crippen LogP contribution is 2.34. The number of carbonyl (C=O) groups is 2. The number of fused-ring (bicyclic) bond motifs is 1. The highest BCUT2D eigenvalue weighted by molar-refractivity contribution is 6.03. The second-order valence-electron chi connectivity index (χ2n) is 6.39. The van der Waals surface area contributed by atoms with Crippen LogP contribution in [0.15, 0.2) is 36.4 Å². The molecule has 1 amide bonds. The van der Waals surface area contributed by atoms with Crippen molar-refractivity contribution in [1.82, 2.24) is 4.98 Å². The van der Waals surface area contributed by atoms with Crippen molar-refractivity contribution in [2.75, 3.05) is 17.2 Å². The third-order valence-electron chi connectivity index (χ3n) is 3.99. The van der Waals surface area contributed by atoms with Crippen molar-refractivity contribution in [3.63, 3.8) is 0 Å². The maximum absolute atomic E-state index is 13.7. The number of rotatable bonds is 6. The first-order chi connectivity index (χ1) is 14.6. The van der Waals surface area contributed by atoms with E-state index in [2.05, 4.69) is 20.4 Å². The van der Waals surface area contributed by atoms with E-state index in [0.717, 1.165) is 12.1 Å². The molecule has 164 valence electrons. The number of esters is 1. The summed E-state index contributed by atoms with van der Waals surface area (Å²) >= 11 is 0. The van der Waals surface area contributed by atoms with Crippen LogP contribution in [0.3, 0.4) is 0 Å². The van der Waals surface area contributed by atoms with Gasteiger partial charge in [0, 0.05) is 29.8 Å². The van der Waals surface area contributed by atoms with Gasteiger partial charge in [-0.25, -0.2) is 9.18 Å². The smallest absolute Gasteiger partial charge is 0.461 e. The van der Waals surface area contributed by atoms with E-state index in [4.69, 9.17) is 4.74 Å². The van der Waals surface area contributed by atoms with E-state index in [9.17, 15) is 27.2 Å². The number of hydrogen-bond donors (Lipinski definition) is 3. The first kappa shape index (κ1) is 21.9. The monoisotopic (exact) mass is 439 g/mol. The highest BCUT2D eigenvalue weighted by Gasteiger charge is 2.32. The lowest BCUT2D eigenvalue weighted by Gasteiger charge is -2.14. The number of hydrogen-bond acceptors (Lipinski definition) is 5. The fraction of sp³-hybridized carbons (Fsp3) is 0.200. The Balaban J connectivity index is 2.04. The molecule has 3 N–H and O–H groups in total. The SMILES string of the molecule is CCOC(=O)c1cc2c(Nc3ccc(F)c(OC(F)(F)F)c3)cc(NC(C)=O)cc2[nH]1. The van der Waals surface area contributed by atoms with E-state index in [1.54, 1.807) is 13.0 Å². The zero-order chi connectivity index (χ0) is 22.8. The first-order valence-electron chi connectivity index (χ1n) is 8.99. The third kappa shape index (κ3) is 5.44. The van der Waals surface area contributed by atoms with Gasteiger partial charge in [0.1, 0.15) is 5.69 Å². The Hall–Kier alpha value is -3.76. The maximum atomic E-state index is 13.7. The Bertz CT molecular complexity index is 1140. The molecule has 0 bridgehead atoms. The number of alkyl halides is 3. The van der Waals surface area contributed by atoms with Crippen LogP contribution in [-0.4, -0.2) is 29.8 Å². The lowest BCUT2D eigenvalue weighted by Crippen LogP contribution is -2.18. The number of aromatic amines is 1. The minimum absolute atomic E-state index is 0.0841. The fourth-order valence-corrected chi connectivity index (χ4v) is 2.87. The number of H-pyrrole nitrogens is 1. The zero-order valence-electron chi connectivity index (χ0n) is 16.3. The summed E-state index contributed by atoms with van der Waals surface area (Å²) in [5, 5.41) is 5.94. The average molecular weight is 439 g/mol. The van der Waals surface area contributed by atoms with Crippen LogP contribution < -0.4 is 15.4 Å². The molecule has 0 aliphatic rings. The van der Waals surface area contributed by atoms with Gasteiger partial charge in [-0.05, 0) is 37.3 Å². The number of amides is 1. The van der Waals surface area contributed by atoms with Gasteiger partial charge in [-0.1, -0.05) is 0 Å². The lowest BCUT2D eigenvalue weighted by atomic mass is 10.1. The molecule has 2 aromatic carbocycles. The van der Waals surface area contributed by atoms with E-state index < -0.39 is 23.9 Å². The molecular formula is C20H17F4N3O4. The Kier molecular flexibility index (Phi) is 6.04. The molecule has 11 heteroatoms. The molecule has 0 spiro atoms. The Morgan fingerprint density at radius 2 is 1.84 bits per heavy atom. The van der Waals surface area contributed by atoms with Crippen molar-refractivity contribution in [3.05, 3.63) is 47.9 Å². The lowest BCUT2D eigenvalue weighted by molar-refractivity contribution is -0.275. The predicted octanol–water partition coefficient (Wildman–Crippen LogP) is 5.08. The van der Waals surface area contributed by atoms with Crippen LogP contribution in [0.4, 0.5) is 34.6 Å². The van der Waals surface area contributed by atoms with Gasteiger partial charge in [0.15, 0.2) is 11.6 Å². The molecule has 3 aromatic rings. The fourth-order valence-electron chi connectivity index (χ4n) is 2.87. The van der Waals surface area contributed by atoms with Crippen LogP contribution in [0.2, 0.25) is 0 Å². The average Bonchev–Trinajstić information content (AvgIpc) is 3.07. The summed E-state index contributed by atoms with van der Waals surface area (Å²) in [5.41, 5.74) is 1.36. The molecule has 1 aromatic heterocycles. The van der Waals surface area contributed by atoms with Crippen molar-refractivity contribution < 1.29 is 36.6 Å². The Labute approximate surface area is 173 Å². The molecule has 0 saturated carbocycles. The van der Waals surface area contributed by atoms with Crippen molar-refractivity contribution >= 4 is 39.8 Å². The maximum Gasteiger partial charge on any atom is 0.573 e. The zero-order valence-corrected chi connectivity index (χ0v) is 16.3. The number of aromatic nitrogens is 1. The number of anilines is 3. The van der Waals surface area contributed by atoms with Crippen LogP contribution in [0.25, 0.3) is 10.9 Å². The summed E-state index contributed by atoms with van der Waals surface area (Å²) in [6, 6.07) is 7.46. The summed E-state index contributed by atoms with van der Waals surface area (Å²) in [6.07, 6.45) is -5.06. The molecule has 0 atom stereocenters. The van der Waals surface area contributed by atoms with E-state index in [1.165, 1.54) is 25.1 Å². The van der Waals surface area contributed by atoms with Crippen LogP contribution in [-0.2, 0) is 9.53 Å². The van der Waals surface area contributed by atoms with E-state index in [1.807, 2.05) is 0 Å². The quantitative estimate of drug-likeness (QED) is 0.368. The van der Waals surface area contributed by atoms with Crippen LogP contribution in [0.5, 0.6) is 5.75 Å². The minimum Gasteiger partial charge on any atom is -0.461 e. The molecule has 0 fully saturated rings. The van der Waals surface area contributed by atoms with Crippen molar-refractivity contribution in [2.45, 2.75) is 20.2 Å². The number of halogens is 4. The predicted molar refractivity (Wildman–Crippen MR) is 105 cm³/mol. The van der Waals surface area contributed by atoms with Crippen LogP contribution in [0.1, 0.15) is 24.3 Å². The van der Waals surface area contributed by atoms with E-state index in [-0.39, 0.29) is 23.9 Å². The highest BCUT2D eigenvalue weighted by atomic mass is 19.4.